The van der Waals surface area contributed by atoms with Crippen LogP contribution < -0.4 is 4.84 Å². The van der Waals surface area contributed by atoms with Gasteiger partial charge in [-0.2, -0.15) is 0 Å². The first-order chi connectivity index (χ1) is 24.5. The summed E-state index contributed by atoms with van der Waals surface area (Å²) < 4.78 is 45.1. The molecule has 1 aromatic carbocycles. The smallest absolute Gasteiger partial charge is 0.325 e. The van der Waals surface area contributed by atoms with Crippen LogP contribution in [-0.2, 0) is 25.5 Å². The molecule has 0 radical (unpaired) electrons. The molecule has 1 amide bonds. The van der Waals surface area contributed by atoms with Crippen molar-refractivity contribution in [3.05, 3.63) is 35.9 Å². The molecule has 3 N–H and O–H groups in total. The van der Waals surface area contributed by atoms with Crippen molar-refractivity contribution < 1.29 is 38.1 Å². The number of esters is 1. The van der Waals surface area contributed by atoms with Crippen LogP contribution in [0.3, 0.4) is 0 Å². The molecule has 0 unspecified atom stereocenters. The number of carbonyl (C=O) groups is 2. The van der Waals surface area contributed by atoms with Gasteiger partial charge in [0.15, 0.2) is 0 Å². The third-order valence-corrected chi connectivity index (χ3v) is 16.8. The zero-order valence-electron chi connectivity index (χ0n) is 32.8. The van der Waals surface area contributed by atoms with Gasteiger partial charge in [-0.3, -0.25) is 9.59 Å². The van der Waals surface area contributed by atoms with Gasteiger partial charge in [-0.05, 0) is 123 Å². The van der Waals surface area contributed by atoms with Gasteiger partial charge in [-0.15, -0.1) is 0 Å². The number of hydrogen-bond donors (Lipinski definition) is 3. The van der Waals surface area contributed by atoms with Crippen LogP contribution in [-0.4, -0.2) is 82.1 Å². The molecule has 6 fully saturated rings. The van der Waals surface area contributed by atoms with E-state index in [9.17, 15) is 19.8 Å². The number of likely N-dealkylation sites (N-methyl/N-ethyl adjacent to an activating group) is 1. The fourth-order valence-corrected chi connectivity index (χ4v) is 14.1. The summed E-state index contributed by atoms with van der Waals surface area (Å²) in [7, 11) is 1.53. The lowest BCUT2D eigenvalue weighted by atomic mass is 9.41. The Morgan fingerprint density at radius 1 is 1.02 bits per heavy atom. The lowest BCUT2D eigenvalue weighted by Crippen LogP contribution is -2.64. The monoisotopic (exact) mass is 762 g/mol. The van der Waals surface area contributed by atoms with E-state index < -0.39 is 58.1 Å². The molecule has 1 heterocycles. The number of aliphatic hydroxyl groups excluding tert-OH is 1. The van der Waals surface area contributed by atoms with Crippen LogP contribution in [0, 0.1) is 44.8 Å². The van der Waals surface area contributed by atoms with Gasteiger partial charge in [-0.25, -0.2) is 13.6 Å². The van der Waals surface area contributed by atoms with Gasteiger partial charge in [0.1, 0.15) is 18.7 Å². The first-order valence-corrected chi connectivity index (χ1v) is 20.2. The Bertz CT molecular complexity index is 1610. The van der Waals surface area contributed by atoms with Crippen molar-refractivity contribution in [1.82, 2.24) is 9.74 Å². The molecule has 5 aliphatic carbocycles. The van der Waals surface area contributed by atoms with Gasteiger partial charge in [-0.1, -0.05) is 58.0 Å². The van der Waals surface area contributed by atoms with Crippen LogP contribution in [0.25, 0.3) is 0 Å². The summed E-state index contributed by atoms with van der Waals surface area (Å²) in [5.74, 6) is -4.61. The molecule has 1 aliphatic heterocycles. The Kier molecular flexibility index (Phi) is 9.35. The molecule has 11 heteroatoms. The van der Waals surface area contributed by atoms with Crippen molar-refractivity contribution in [3.8, 4) is 0 Å². The molecule has 7 rings (SSSR count). The molecular weight excluding hydrogens is 702 g/mol. The highest BCUT2D eigenvalue weighted by atomic mass is 35.5. The number of fused-ring (bicyclic) bond motifs is 2. The third-order valence-electron chi connectivity index (χ3n) is 16.6. The van der Waals surface area contributed by atoms with Gasteiger partial charge in [0.25, 0.3) is 5.92 Å². The highest BCUT2D eigenvalue weighted by Gasteiger charge is 2.86. The lowest BCUT2D eigenvalue weighted by Gasteiger charge is -2.65. The van der Waals surface area contributed by atoms with Crippen LogP contribution in [0.15, 0.2) is 30.3 Å². The molecule has 8 nitrogen and oxygen atoms in total. The van der Waals surface area contributed by atoms with Crippen molar-refractivity contribution in [3.63, 3.8) is 0 Å². The number of carbonyl (C=O) groups excluding carboxylic acids is 2. The number of ether oxygens (including phenoxy) is 2. The maximum absolute atomic E-state index is 16.0. The lowest BCUT2D eigenvalue weighted by molar-refractivity contribution is -0.252. The van der Waals surface area contributed by atoms with E-state index in [1.165, 1.54) is 11.9 Å². The molecule has 0 bridgehead atoms. The number of aliphatic hydroxyl groups is 2. The maximum Gasteiger partial charge on any atom is 0.325 e. The van der Waals surface area contributed by atoms with Crippen LogP contribution in [0.1, 0.15) is 112 Å². The van der Waals surface area contributed by atoms with Gasteiger partial charge < -0.3 is 24.6 Å². The number of alkyl halides is 2. The second kappa shape index (κ2) is 12.6. The Balaban J connectivity index is 1.17. The molecule has 1 aromatic rings. The van der Waals surface area contributed by atoms with Crippen molar-refractivity contribution >= 4 is 23.7 Å². The summed E-state index contributed by atoms with van der Waals surface area (Å²) in [6.07, 6.45) is 3.77. The van der Waals surface area contributed by atoms with Crippen molar-refractivity contribution in [1.29, 1.82) is 0 Å². The summed E-state index contributed by atoms with van der Waals surface area (Å²) in [6, 6.07) is 8.68. The predicted molar refractivity (Wildman–Crippen MR) is 198 cm³/mol. The highest BCUT2D eigenvalue weighted by Crippen LogP contribution is 2.90. The maximum atomic E-state index is 16.0. The van der Waals surface area contributed by atoms with E-state index in [2.05, 4.69) is 25.6 Å². The van der Waals surface area contributed by atoms with E-state index in [-0.39, 0.29) is 53.1 Å². The van der Waals surface area contributed by atoms with E-state index in [1.807, 2.05) is 30.3 Å². The number of amides is 1. The SMILES string of the molecule is CN(CC(=O)O[C@H]1C[C@@H]2[C@]3(CC[C@]4(C)[C@@H]([C@]5(C)CC[C@@H](C(C)(C)O)O5)[C@@H](O)C[C@@]24C)C[C@@]32CCC(F)(F)C(C)(C)[C@H]12)C(=O)[C@@H](Cc1ccccc1)NCl. The summed E-state index contributed by atoms with van der Waals surface area (Å²) in [5, 5.41) is 22.9. The Morgan fingerprint density at radius 3 is 2.30 bits per heavy atom. The van der Waals surface area contributed by atoms with Crippen LogP contribution >= 0.6 is 11.8 Å². The molecule has 12 atom stereocenters. The molecule has 296 valence electrons. The largest absolute Gasteiger partial charge is 0.461 e. The molecule has 53 heavy (non-hydrogen) atoms. The predicted octanol–water partition coefficient (Wildman–Crippen LogP) is 7.08. The molecule has 2 spiro atoms. The first-order valence-electron chi connectivity index (χ1n) is 19.8. The highest BCUT2D eigenvalue weighted by molar-refractivity contribution is 6.15. The van der Waals surface area contributed by atoms with Crippen molar-refractivity contribution in [2.24, 2.45) is 44.8 Å². The standard InChI is InChI=1S/C42H61ClF2N2O6/c1-35(2)33-28(52-31(49)23-47(8)34(50)26(46-43)20-25-12-10-9-11-13-25)21-29-38(6)22-27(48)32(39(7)15-14-30(53-39)36(3,4)51)37(38,5)16-17-40(29)24-41(33,40)18-19-42(35,44)45/h9-13,26-30,32-33,46,48,51H,14-24H2,1-8H3/t26-,27+,28+,29+,30+,32+,33+,37-,38+,39+,40+,41-/m1/s1. The molecule has 6 aliphatic rings. The minimum absolute atomic E-state index is 0.0371. The second-order valence-electron chi connectivity index (χ2n) is 20.0. The van der Waals surface area contributed by atoms with Gasteiger partial charge in [0, 0.05) is 30.7 Å². The molecular formula is C42H61ClF2N2O6. The van der Waals surface area contributed by atoms with E-state index in [0.717, 1.165) is 31.2 Å². The Labute approximate surface area is 319 Å². The van der Waals surface area contributed by atoms with Crippen molar-refractivity contribution in [2.75, 3.05) is 13.6 Å². The number of benzene rings is 1. The first kappa shape index (κ1) is 39.4. The zero-order chi connectivity index (χ0) is 38.8. The van der Waals surface area contributed by atoms with E-state index in [4.69, 9.17) is 21.3 Å². The number of nitrogens with one attached hydrogen (secondary N) is 1. The van der Waals surface area contributed by atoms with Crippen LogP contribution in [0.2, 0.25) is 0 Å². The summed E-state index contributed by atoms with van der Waals surface area (Å²) in [6.45, 7) is 13.2. The van der Waals surface area contributed by atoms with E-state index in [0.29, 0.717) is 32.1 Å². The average Bonchev–Trinajstić information content (AvgIpc) is 3.44. The van der Waals surface area contributed by atoms with E-state index >= 15 is 8.78 Å². The summed E-state index contributed by atoms with van der Waals surface area (Å²) >= 11 is 6.01. The summed E-state index contributed by atoms with van der Waals surface area (Å²) in [5.41, 5.74) is -3.41. The normalized spacial score (nSPS) is 44.2. The fourth-order valence-electron chi connectivity index (χ4n) is 13.9. The fraction of sp³-hybridized carbons (Fsp3) is 0.810. The van der Waals surface area contributed by atoms with Gasteiger partial charge in [0.05, 0.1) is 23.4 Å². The minimum atomic E-state index is -2.93. The summed E-state index contributed by atoms with van der Waals surface area (Å²) in [4.78, 5) is 31.2. The quantitative estimate of drug-likeness (QED) is 0.183. The average molecular weight is 763 g/mol. The number of nitrogens with zero attached hydrogens (tertiary/aromatic N) is 1. The minimum Gasteiger partial charge on any atom is -0.461 e. The second-order valence-corrected chi connectivity index (χ2v) is 20.2. The Hall–Kier alpha value is -1.85. The van der Waals surface area contributed by atoms with Gasteiger partial charge in [0.2, 0.25) is 5.91 Å². The van der Waals surface area contributed by atoms with Crippen molar-refractivity contribution in [2.45, 2.75) is 154 Å². The zero-order valence-corrected chi connectivity index (χ0v) is 33.6. The Morgan fingerprint density at radius 2 is 1.68 bits per heavy atom. The number of hydrogen-bond acceptors (Lipinski definition) is 7. The number of halogens is 3. The third kappa shape index (κ3) is 5.67. The van der Waals surface area contributed by atoms with Crippen LogP contribution in [0.5, 0.6) is 0 Å². The van der Waals surface area contributed by atoms with Gasteiger partial charge >= 0.3 is 5.97 Å². The molecule has 1 saturated heterocycles. The topological polar surface area (TPSA) is 108 Å². The molecule has 0 aromatic heterocycles. The van der Waals surface area contributed by atoms with Crippen LogP contribution in [0.4, 0.5) is 8.78 Å². The number of rotatable bonds is 9. The molecule has 5 saturated carbocycles. The van der Waals surface area contributed by atoms with E-state index in [1.54, 1.807) is 27.7 Å².